The zero-order valence-electron chi connectivity index (χ0n) is 15.3. The Balaban J connectivity index is 1.48. The van der Waals surface area contributed by atoms with Gasteiger partial charge in [-0.05, 0) is 56.0 Å². The fourth-order valence-electron chi connectivity index (χ4n) is 3.57. The normalized spacial score (nSPS) is 20.0. The maximum atomic E-state index is 12.4. The van der Waals surface area contributed by atoms with Crippen LogP contribution in [0.25, 0.3) is 10.8 Å². The number of fused-ring (bicyclic) bond motifs is 1. The molecular weight excluding hydrogens is 330 g/mol. The average molecular weight is 355 g/mol. The van der Waals surface area contributed by atoms with E-state index >= 15 is 0 Å². The highest BCUT2D eigenvalue weighted by atomic mass is 16.6. The fourth-order valence-corrected chi connectivity index (χ4v) is 3.57. The van der Waals surface area contributed by atoms with Crippen molar-refractivity contribution in [2.45, 2.75) is 45.2 Å². The summed E-state index contributed by atoms with van der Waals surface area (Å²) in [6.07, 6.45) is 3.12. The number of carbonyl (C=O) groups is 2. The summed E-state index contributed by atoms with van der Waals surface area (Å²) in [5.74, 6) is -0.0715. The standard InChI is InChI=1S/C21H25NO4/c1-15-6-5-7-16(2)22(15)20(23)13-26-21(24)14-25-19-11-10-17-8-3-4-9-18(17)12-19/h3-4,8-12,15-16H,5-7,13-14H2,1-2H3/t15-,16+. The van der Waals surface area contributed by atoms with Crippen LogP contribution in [-0.2, 0) is 14.3 Å². The lowest BCUT2D eigenvalue weighted by Gasteiger charge is -2.38. The molecular formula is C21H25NO4. The van der Waals surface area contributed by atoms with Crippen molar-refractivity contribution in [3.8, 4) is 5.75 Å². The summed E-state index contributed by atoms with van der Waals surface area (Å²) in [5.41, 5.74) is 0. The second kappa shape index (κ2) is 8.21. The van der Waals surface area contributed by atoms with E-state index in [-0.39, 0.29) is 31.2 Å². The smallest absolute Gasteiger partial charge is 0.344 e. The predicted molar refractivity (Wildman–Crippen MR) is 100 cm³/mol. The van der Waals surface area contributed by atoms with Gasteiger partial charge in [-0.25, -0.2) is 4.79 Å². The van der Waals surface area contributed by atoms with Gasteiger partial charge >= 0.3 is 5.97 Å². The van der Waals surface area contributed by atoms with E-state index in [1.807, 2.05) is 61.2 Å². The van der Waals surface area contributed by atoms with Gasteiger partial charge in [-0.2, -0.15) is 0 Å². The Morgan fingerprint density at radius 1 is 1.00 bits per heavy atom. The summed E-state index contributed by atoms with van der Waals surface area (Å²) in [6.45, 7) is 3.64. The molecule has 0 saturated carbocycles. The van der Waals surface area contributed by atoms with E-state index in [1.165, 1.54) is 0 Å². The van der Waals surface area contributed by atoms with Crippen molar-refractivity contribution in [1.29, 1.82) is 0 Å². The Hall–Kier alpha value is -2.56. The topological polar surface area (TPSA) is 55.8 Å². The van der Waals surface area contributed by atoms with E-state index in [9.17, 15) is 9.59 Å². The molecule has 2 atom stereocenters. The van der Waals surface area contributed by atoms with Crippen LogP contribution in [0.3, 0.4) is 0 Å². The summed E-state index contributed by atoms with van der Waals surface area (Å²) in [5, 5.41) is 2.15. The first-order valence-corrected chi connectivity index (χ1v) is 9.13. The number of rotatable bonds is 5. The zero-order chi connectivity index (χ0) is 18.5. The van der Waals surface area contributed by atoms with Crippen LogP contribution in [-0.4, -0.2) is 42.1 Å². The second-order valence-corrected chi connectivity index (χ2v) is 6.89. The van der Waals surface area contributed by atoms with Gasteiger partial charge < -0.3 is 14.4 Å². The molecule has 26 heavy (non-hydrogen) atoms. The summed E-state index contributed by atoms with van der Waals surface area (Å²) in [4.78, 5) is 26.1. The molecule has 1 saturated heterocycles. The van der Waals surface area contributed by atoms with Crippen molar-refractivity contribution < 1.29 is 19.1 Å². The summed E-state index contributed by atoms with van der Waals surface area (Å²) in [7, 11) is 0. The molecule has 0 bridgehead atoms. The number of hydrogen-bond donors (Lipinski definition) is 0. The average Bonchev–Trinajstić information content (AvgIpc) is 2.64. The third-order valence-corrected chi connectivity index (χ3v) is 4.92. The molecule has 0 spiro atoms. The number of ether oxygens (including phenoxy) is 2. The highest BCUT2D eigenvalue weighted by Gasteiger charge is 2.29. The van der Waals surface area contributed by atoms with Crippen molar-refractivity contribution in [1.82, 2.24) is 4.90 Å². The van der Waals surface area contributed by atoms with E-state index in [0.717, 1.165) is 30.0 Å². The number of carbonyl (C=O) groups excluding carboxylic acids is 2. The SMILES string of the molecule is C[C@@H]1CCC[C@H](C)N1C(=O)COC(=O)COc1ccc2ccccc2c1. The monoisotopic (exact) mass is 355 g/mol. The molecule has 0 aromatic heterocycles. The Morgan fingerprint density at radius 3 is 2.42 bits per heavy atom. The fraction of sp³-hybridized carbons (Fsp3) is 0.429. The molecule has 2 aromatic rings. The number of amides is 1. The maximum Gasteiger partial charge on any atom is 0.344 e. The predicted octanol–water partition coefficient (Wildman–Crippen LogP) is 3.55. The molecule has 2 aromatic carbocycles. The quantitative estimate of drug-likeness (QED) is 0.770. The molecule has 3 rings (SSSR count). The molecule has 0 radical (unpaired) electrons. The van der Waals surface area contributed by atoms with Crippen LogP contribution < -0.4 is 4.74 Å². The molecule has 1 aliphatic heterocycles. The van der Waals surface area contributed by atoms with Gasteiger partial charge in [0.1, 0.15) is 5.75 Å². The van der Waals surface area contributed by atoms with Crippen LogP contribution in [0.15, 0.2) is 42.5 Å². The lowest BCUT2D eigenvalue weighted by Crippen LogP contribution is -2.49. The zero-order valence-corrected chi connectivity index (χ0v) is 15.3. The molecule has 1 amide bonds. The van der Waals surface area contributed by atoms with Crippen molar-refractivity contribution in [2.75, 3.05) is 13.2 Å². The Bertz CT molecular complexity index is 778. The number of nitrogens with zero attached hydrogens (tertiary/aromatic N) is 1. The van der Waals surface area contributed by atoms with E-state index < -0.39 is 5.97 Å². The second-order valence-electron chi connectivity index (χ2n) is 6.89. The summed E-state index contributed by atoms with van der Waals surface area (Å²) >= 11 is 0. The number of likely N-dealkylation sites (tertiary alicyclic amines) is 1. The Morgan fingerprint density at radius 2 is 1.69 bits per heavy atom. The van der Waals surface area contributed by atoms with Crippen molar-refractivity contribution in [2.24, 2.45) is 0 Å². The first-order chi connectivity index (χ1) is 12.5. The minimum absolute atomic E-state index is 0.135. The van der Waals surface area contributed by atoms with Gasteiger partial charge in [0, 0.05) is 12.1 Å². The number of hydrogen-bond acceptors (Lipinski definition) is 4. The van der Waals surface area contributed by atoms with Crippen molar-refractivity contribution in [3.05, 3.63) is 42.5 Å². The lowest BCUT2D eigenvalue weighted by atomic mass is 9.97. The third kappa shape index (κ3) is 4.34. The van der Waals surface area contributed by atoms with E-state index in [2.05, 4.69) is 0 Å². The minimum Gasteiger partial charge on any atom is -0.482 e. The van der Waals surface area contributed by atoms with E-state index in [4.69, 9.17) is 9.47 Å². The minimum atomic E-state index is -0.538. The van der Waals surface area contributed by atoms with Gasteiger partial charge in [-0.3, -0.25) is 4.79 Å². The third-order valence-electron chi connectivity index (χ3n) is 4.92. The van der Waals surface area contributed by atoms with Gasteiger partial charge in [-0.1, -0.05) is 30.3 Å². The molecule has 1 fully saturated rings. The van der Waals surface area contributed by atoms with E-state index in [1.54, 1.807) is 0 Å². The van der Waals surface area contributed by atoms with Gasteiger partial charge in [0.2, 0.25) is 0 Å². The summed E-state index contributed by atoms with van der Waals surface area (Å²) < 4.78 is 10.6. The van der Waals surface area contributed by atoms with Crippen LogP contribution in [0, 0.1) is 0 Å². The highest BCUT2D eigenvalue weighted by molar-refractivity contribution is 5.84. The molecule has 1 aliphatic rings. The van der Waals surface area contributed by atoms with Crippen LogP contribution >= 0.6 is 0 Å². The molecule has 0 N–H and O–H groups in total. The first-order valence-electron chi connectivity index (χ1n) is 9.13. The van der Waals surface area contributed by atoms with Crippen LogP contribution in [0.4, 0.5) is 0 Å². The van der Waals surface area contributed by atoms with Crippen LogP contribution in [0.5, 0.6) is 5.75 Å². The van der Waals surface area contributed by atoms with Crippen LogP contribution in [0.2, 0.25) is 0 Å². The maximum absolute atomic E-state index is 12.4. The molecule has 138 valence electrons. The van der Waals surface area contributed by atoms with Gasteiger partial charge in [0.15, 0.2) is 13.2 Å². The van der Waals surface area contributed by atoms with Gasteiger partial charge in [0.25, 0.3) is 5.91 Å². The lowest BCUT2D eigenvalue weighted by molar-refractivity contribution is -0.156. The highest BCUT2D eigenvalue weighted by Crippen LogP contribution is 2.23. The van der Waals surface area contributed by atoms with Gasteiger partial charge in [0.05, 0.1) is 0 Å². The largest absolute Gasteiger partial charge is 0.482 e. The van der Waals surface area contributed by atoms with Gasteiger partial charge in [-0.15, -0.1) is 0 Å². The molecule has 1 heterocycles. The molecule has 0 aliphatic carbocycles. The Labute approximate surface area is 153 Å². The van der Waals surface area contributed by atoms with Crippen LogP contribution in [0.1, 0.15) is 33.1 Å². The summed E-state index contributed by atoms with van der Waals surface area (Å²) in [6, 6.07) is 14.0. The van der Waals surface area contributed by atoms with Crippen molar-refractivity contribution in [3.63, 3.8) is 0 Å². The number of benzene rings is 2. The molecule has 0 unspecified atom stereocenters. The number of esters is 1. The van der Waals surface area contributed by atoms with Crippen molar-refractivity contribution >= 4 is 22.6 Å². The molecule has 5 heteroatoms. The Kier molecular flexibility index (Phi) is 5.76. The van der Waals surface area contributed by atoms with E-state index in [0.29, 0.717) is 5.75 Å². The molecule has 5 nitrogen and oxygen atoms in total. The number of piperidine rings is 1. The first kappa shape index (κ1) is 18.2.